The molecule has 2 aliphatic rings. The predicted octanol–water partition coefficient (Wildman–Crippen LogP) is 4.17. The zero-order valence-electron chi connectivity index (χ0n) is 59.1. The number of nitrogens with zero attached hydrogens (tertiary/aromatic N) is 4. The Balaban J connectivity index is 0.000000813. The lowest BCUT2D eigenvalue weighted by Gasteiger charge is -2.40. The number of urea groups is 1. The summed E-state index contributed by atoms with van der Waals surface area (Å²) in [5.41, 5.74) is 13.0. The number of ether oxygens (including phenoxy) is 3. The first-order valence-electron chi connectivity index (χ1n) is 33.2. The van der Waals surface area contributed by atoms with Crippen molar-refractivity contribution in [2.24, 2.45) is 47.0 Å². The van der Waals surface area contributed by atoms with Gasteiger partial charge in [0.1, 0.15) is 36.6 Å². The minimum atomic E-state index is -1.33. The number of benzene rings is 2. The highest BCUT2D eigenvalue weighted by Gasteiger charge is 2.44. The SMILES string of the molecule is CC[C@H](C)C([C@@H](CC(C)=O)OC)N(C)C(=O)[C@H](NC(=O)[C@H](C(C)C)N(C)C(=O)OCc1ccc(CC(=O)[C@H](CCCNC(N)=O)NC(=O)[C@@H](NC(=O)C(CN)N2C(=O)CC(C)C2=O)C(C)C)cc1)C(C)C.CO[C@H]([C@@H](C)C(=O)N[C@H](C)[C@@H](O)c1ccccc1)[C@@H]1CCCN1C. The zero-order chi connectivity index (χ0) is 71.7. The number of carbonyl (C=O) groups is 11. The molecule has 3 unspecified atom stereocenters. The molecule has 0 aliphatic carbocycles. The van der Waals surface area contributed by atoms with Gasteiger partial charge in [-0.05, 0) is 93.5 Å². The third kappa shape index (κ3) is 24.0. The van der Waals surface area contributed by atoms with Crippen LogP contribution in [0, 0.1) is 35.5 Å². The average molecular weight is 1330 g/mol. The van der Waals surface area contributed by atoms with E-state index in [2.05, 4.69) is 38.5 Å². The van der Waals surface area contributed by atoms with E-state index < -0.39 is 102 Å². The van der Waals surface area contributed by atoms with Gasteiger partial charge in [0, 0.05) is 72.6 Å². The largest absolute Gasteiger partial charge is 0.445 e. The van der Waals surface area contributed by atoms with Gasteiger partial charge in [-0.3, -0.25) is 53.0 Å². The Morgan fingerprint density at radius 3 is 1.85 bits per heavy atom. The van der Waals surface area contributed by atoms with Crippen molar-refractivity contribution in [1.82, 2.24) is 46.2 Å². The second-order valence-electron chi connectivity index (χ2n) is 26.6. The predicted molar refractivity (Wildman–Crippen MR) is 359 cm³/mol. The van der Waals surface area contributed by atoms with E-state index in [1.165, 1.54) is 26.0 Å². The number of nitrogens with two attached hydrogens (primary N) is 2. The quantitative estimate of drug-likeness (QED) is 0.0351. The van der Waals surface area contributed by atoms with E-state index in [-0.39, 0.29) is 117 Å². The number of likely N-dealkylation sites (tertiary alicyclic amines) is 2. The number of rotatable bonds is 36. The smallest absolute Gasteiger partial charge is 0.410 e. The molecule has 2 aromatic carbocycles. The first-order chi connectivity index (χ1) is 44.7. The molecule has 0 saturated carbocycles. The first kappa shape index (κ1) is 81.8. The number of aliphatic hydroxyl groups excluding tert-OH is 1. The molecule has 0 radical (unpaired) electrons. The molecule has 14 atom stereocenters. The second-order valence-corrected chi connectivity index (χ2v) is 26.6. The number of primary amides is 1. The summed E-state index contributed by atoms with van der Waals surface area (Å²) < 4.78 is 17.0. The van der Waals surface area contributed by atoms with Gasteiger partial charge >= 0.3 is 12.1 Å². The Morgan fingerprint density at radius 2 is 1.36 bits per heavy atom. The van der Waals surface area contributed by atoms with Crippen LogP contribution in [-0.4, -0.2) is 205 Å². The van der Waals surface area contributed by atoms with Crippen molar-refractivity contribution in [3.8, 4) is 0 Å². The summed E-state index contributed by atoms with van der Waals surface area (Å²) in [6, 6.07) is 9.19. The van der Waals surface area contributed by atoms with Crippen molar-refractivity contribution in [1.29, 1.82) is 0 Å². The summed E-state index contributed by atoms with van der Waals surface area (Å²) in [7, 11) is 8.34. The summed E-state index contributed by atoms with van der Waals surface area (Å²) >= 11 is 0. The Hall–Kier alpha value is -7.39. The Bertz CT molecular complexity index is 2860. The van der Waals surface area contributed by atoms with E-state index in [4.69, 9.17) is 25.7 Å². The summed E-state index contributed by atoms with van der Waals surface area (Å²) in [4.78, 5) is 150. The first-order valence-corrected chi connectivity index (χ1v) is 33.2. The standard InChI is InChI=1S/C50H81N9O12.C19H30N2O3/c1-14-30(8)43(38(70-13)23-32(10)60)57(11)48(67)41(28(4)5)56-46(65)42(29(6)7)58(12)50(69)71-26-34-19-17-33(18-20-34)24-37(61)35(16-15-21-53-49(52)68)54-45(64)40(27(2)3)55-44(63)36(25-51)59-39(62)22-31(9)47(59)66;1-13(18(24-4)16-11-8-12-21(16)3)19(23)20-14(2)17(22)15-9-6-5-7-10-15/h17-20,27-31,35-36,38,40-43H,14-16,21-26,51H2,1-13H3,(H,54,64)(H,55,63)(H,56,65)(H3,52,53,68);5-7,9-10,13-14,16-18,22H,8,11-12H2,1-4H3,(H,20,23)/t30-,31?,35-,36?,38+,40-,41+,42-,43?;13-,14-,16+,17-,18-/m01/s1. The molecule has 2 aromatic rings. The van der Waals surface area contributed by atoms with Crippen molar-refractivity contribution >= 4 is 65.0 Å². The molecule has 2 aliphatic heterocycles. The molecule has 26 nitrogen and oxygen atoms in total. The molecule has 2 saturated heterocycles. The lowest BCUT2D eigenvalue weighted by Crippen LogP contribution is -2.60. The number of hydrogen-bond acceptors (Lipinski definition) is 17. The van der Waals surface area contributed by atoms with Crippen molar-refractivity contribution in [2.75, 3.05) is 55.0 Å². The van der Waals surface area contributed by atoms with Gasteiger partial charge in [-0.2, -0.15) is 0 Å². The van der Waals surface area contributed by atoms with Gasteiger partial charge in [-0.25, -0.2) is 9.59 Å². The maximum atomic E-state index is 14.1. The molecule has 10 amide bonds. The van der Waals surface area contributed by atoms with E-state index in [9.17, 15) is 57.8 Å². The molecule has 26 heteroatoms. The van der Waals surface area contributed by atoms with Crippen molar-refractivity contribution in [3.05, 3.63) is 71.3 Å². The summed E-state index contributed by atoms with van der Waals surface area (Å²) in [5, 5.41) is 24.1. The zero-order valence-corrected chi connectivity index (χ0v) is 59.1. The molecular weight excluding hydrogens is 1220 g/mol. The van der Waals surface area contributed by atoms with Crippen LogP contribution in [0.15, 0.2) is 54.6 Å². The third-order valence-electron chi connectivity index (χ3n) is 18.1. The lowest BCUT2D eigenvalue weighted by molar-refractivity contribution is -0.147. The van der Waals surface area contributed by atoms with E-state index in [0.29, 0.717) is 17.5 Å². The van der Waals surface area contributed by atoms with Gasteiger partial charge in [-0.15, -0.1) is 0 Å². The number of likely N-dealkylation sites (N-methyl/N-ethyl adjacent to an activating group) is 3. The average Bonchev–Trinajstić information content (AvgIpc) is 1.79. The van der Waals surface area contributed by atoms with Crippen LogP contribution < -0.4 is 38.1 Å². The Kier molecular flexibility index (Phi) is 34.1. The minimum absolute atomic E-state index is 0.0279. The molecule has 4 rings (SSSR count). The molecule has 2 heterocycles. The van der Waals surface area contributed by atoms with Crippen molar-refractivity contribution < 1.29 is 72.1 Å². The number of hydrogen-bond donors (Lipinski definition) is 8. The van der Waals surface area contributed by atoms with Crippen molar-refractivity contribution in [3.63, 3.8) is 0 Å². The normalized spacial score (nSPS) is 18.7. The summed E-state index contributed by atoms with van der Waals surface area (Å²) in [5.74, 6) is -6.14. The van der Waals surface area contributed by atoms with Crippen LogP contribution in [0.2, 0.25) is 0 Å². The van der Waals surface area contributed by atoms with Crippen LogP contribution in [0.4, 0.5) is 9.59 Å². The highest BCUT2D eigenvalue weighted by Crippen LogP contribution is 2.28. The molecule has 95 heavy (non-hydrogen) atoms. The fraction of sp³-hybridized carbons (Fsp3) is 0.667. The molecule has 0 spiro atoms. The number of imide groups is 1. The molecule has 10 N–H and O–H groups in total. The van der Waals surface area contributed by atoms with E-state index in [1.807, 2.05) is 71.9 Å². The number of Topliss-reactive ketones (excluding diaryl/α,β-unsaturated/α-hetero) is 2. The fourth-order valence-corrected chi connectivity index (χ4v) is 12.3. The maximum absolute atomic E-state index is 14.1. The number of methoxy groups -OCH3 is 2. The summed E-state index contributed by atoms with van der Waals surface area (Å²) in [6.07, 6.45) is 0.972. The number of amides is 10. The second kappa shape index (κ2) is 39.6. The molecule has 0 bridgehead atoms. The number of aliphatic hydroxyl groups is 1. The van der Waals surface area contributed by atoms with Gasteiger partial charge in [0.15, 0.2) is 5.78 Å². The fourth-order valence-electron chi connectivity index (χ4n) is 12.3. The van der Waals surface area contributed by atoms with Crippen LogP contribution in [0.25, 0.3) is 0 Å². The molecular formula is C69H111N11O15. The topological polar surface area (TPSA) is 361 Å². The van der Waals surface area contributed by atoms with Crippen molar-refractivity contribution in [2.45, 2.75) is 208 Å². The number of ketones is 2. The maximum Gasteiger partial charge on any atom is 0.410 e. The Labute approximate surface area is 562 Å². The minimum Gasteiger partial charge on any atom is -0.445 e. The molecule has 0 aromatic heterocycles. The van der Waals surface area contributed by atoms with Crippen LogP contribution in [0.5, 0.6) is 0 Å². The van der Waals surface area contributed by atoms with Gasteiger partial charge in [-0.1, -0.05) is 130 Å². The number of carbonyl (C=O) groups excluding carboxylic acids is 11. The van der Waals surface area contributed by atoms with Gasteiger partial charge < -0.3 is 67.2 Å². The van der Waals surface area contributed by atoms with Gasteiger partial charge in [0.05, 0.1) is 42.4 Å². The highest BCUT2D eigenvalue weighted by molar-refractivity contribution is 6.07. The third-order valence-corrected chi connectivity index (χ3v) is 18.1. The van der Waals surface area contributed by atoms with E-state index in [1.54, 1.807) is 77.9 Å². The summed E-state index contributed by atoms with van der Waals surface area (Å²) in [6.45, 7) is 21.9. The van der Waals surface area contributed by atoms with Gasteiger partial charge in [0.25, 0.3) is 0 Å². The molecule has 2 fully saturated rings. The van der Waals surface area contributed by atoms with Crippen LogP contribution in [-0.2, 0) is 70.4 Å². The van der Waals surface area contributed by atoms with Crippen LogP contribution >= 0.6 is 0 Å². The molecule has 532 valence electrons. The number of nitrogens with one attached hydrogen (secondary N) is 5. The Morgan fingerprint density at radius 1 is 0.758 bits per heavy atom. The van der Waals surface area contributed by atoms with E-state index >= 15 is 0 Å². The van der Waals surface area contributed by atoms with Crippen LogP contribution in [0.3, 0.4) is 0 Å². The van der Waals surface area contributed by atoms with Crippen LogP contribution in [0.1, 0.15) is 151 Å². The van der Waals surface area contributed by atoms with Gasteiger partial charge in [0.2, 0.25) is 41.4 Å². The monoisotopic (exact) mass is 1330 g/mol. The van der Waals surface area contributed by atoms with E-state index in [0.717, 1.165) is 29.8 Å². The lowest BCUT2D eigenvalue weighted by atomic mass is 9.89. The highest BCUT2D eigenvalue weighted by atomic mass is 16.6.